The minimum Gasteiger partial charge on any atom is -0.394 e. The van der Waals surface area contributed by atoms with Gasteiger partial charge in [0.15, 0.2) is 12.6 Å². The Bertz CT molecular complexity index is 1560. The minimum atomic E-state index is -1.78. The standard InChI is InChI=1S/C71H133NO13/c1-3-5-7-9-11-13-15-17-19-21-23-25-27-29-30-31-33-35-37-39-41-43-45-47-49-51-53-55-63(76)72-59(58-82-70-68(81)66(79)69(62(57-74)84-70)85-71-67(80)65(78)64(77)61(56-73)83-71)60(75)54-52-50-48-46-44-42-40-38-36-34-32-28-26-24-22-20-18-16-14-12-10-8-6-4-2/h15,17,21,23,27,29,59-62,64-71,73-75,77-81H,3-14,16,18-20,22,24-26,28,30-58H2,1-2H3,(H,72,76)/b17-15-,23-21-,29-27-. The maximum atomic E-state index is 13.4. The second kappa shape index (κ2) is 56.2. The zero-order valence-electron chi connectivity index (χ0n) is 54.4. The summed E-state index contributed by atoms with van der Waals surface area (Å²) in [5.41, 5.74) is 0. The Balaban J connectivity index is 1.67. The summed E-state index contributed by atoms with van der Waals surface area (Å²) >= 11 is 0. The van der Waals surface area contributed by atoms with E-state index >= 15 is 0 Å². The number of allylic oxidation sites excluding steroid dienone is 6. The summed E-state index contributed by atoms with van der Waals surface area (Å²) < 4.78 is 22.9. The maximum absolute atomic E-state index is 13.4. The third kappa shape index (κ3) is 40.5. The van der Waals surface area contributed by atoms with Crippen LogP contribution in [0.25, 0.3) is 0 Å². The van der Waals surface area contributed by atoms with E-state index < -0.39 is 86.8 Å². The van der Waals surface area contributed by atoms with Gasteiger partial charge in [0, 0.05) is 6.42 Å². The van der Waals surface area contributed by atoms with Crippen LogP contribution in [0.4, 0.5) is 0 Å². The summed E-state index contributed by atoms with van der Waals surface area (Å²) in [4.78, 5) is 13.4. The molecule has 12 atom stereocenters. The van der Waals surface area contributed by atoms with Crippen molar-refractivity contribution in [2.45, 2.75) is 389 Å². The number of amides is 1. The van der Waals surface area contributed by atoms with E-state index in [-0.39, 0.29) is 12.5 Å². The zero-order valence-corrected chi connectivity index (χ0v) is 54.4. The molecule has 0 saturated carbocycles. The fourth-order valence-electron chi connectivity index (χ4n) is 11.9. The van der Waals surface area contributed by atoms with Gasteiger partial charge in [-0.1, -0.05) is 294 Å². The van der Waals surface area contributed by atoms with Crippen molar-refractivity contribution in [3.63, 3.8) is 0 Å². The SMILES string of the molecule is CCCCCCC/C=C\C/C=C\C/C=C\CCCCCCCCCCCCCCC(=O)NC(COC1OC(CO)C(OC2OC(CO)C(O)C(O)C2O)C(O)C1O)C(O)CCCCCCCCCCCCCCCCCCCCCCCCCC. The third-order valence-corrected chi connectivity index (χ3v) is 17.6. The predicted octanol–water partition coefficient (Wildman–Crippen LogP) is 14.5. The molecule has 500 valence electrons. The monoisotopic (exact) mass is 1210 g/mol. The first-order valence-electron chi connectivity index (χ1n) is 35.7. The average molecular weight is 1210 g/mol. The molecule has 2 aliphatic heterocycles. The predicted molar refractivity (Wildman–Crippen MR) is 346 cm³/mol. The van der Waals surface area contributed by atoms with Gasteiger partial charge in [0.2, 0.25) is 5.91 Å². The quantitative estimate of drug-likeness (QED) is 0.0204. The van der Waals surface area contributed by atoms with Crippen molar-refractivity contribution in [1.82, 2.24) is 5.32 Å². The summed E-state index contributed by atoms with van der Waals surface area (Å²) in [6.07, 6.45) is 54.4. The molecule has 2 aliphatic rings. The first kappa shape index (κ1) is 79.3. The summed E-state index contributed by atoms with van der Waals surface area (Å²) in [7, 11) is 0. The lowest BCUT2D eigenvalue weighted by molar-refractivity contribution is -0.359. The van der Waals surface area contributed by atoms with Crippen LogP contribution in [0.15, 0.2) is 36.5 Å². The van der Waals surface area contributed by atoms with Gasteiger partial charge in [-0.3, -0.25) is 4.79 Å². The van der Waals surface area contributed by atoms with Crippen LogP contribution < -0.4 is 5.32 Å². The molecular formula is C71H133NO13. The van der Waals surface area contributed by atoms with Crippen molar-refractivity contribution < 1.29 is 64.6 Å². The molecule has 0 bridgehead atoms. The van der Waals surface area contributed by atoms with E-state index in [0.717, 1.165) is 64.2 Å². The zero-order chi connectivity index (χ0) is 61.6. The first-order valence-corrected chi connectivity index (χ1v) is 35.7. The highest BCUT2D eigenvalue weighted by molar-refractivity contribution is 5.76. The smallest absolute Gasteiger partial charge is 0.220 e. The largest absolute Gasteiger partial charge is 0.394 e. The molecule has 2 saturated heterocycles. The van der Waals surface area contributed by atoms with Crippen molar-refractivity contribution in [3.8, 4) is 0 Å². The maximum Gasteiger partial charge on any atom is 0.220 e. The third-order valence-electron chi connectivity index (χ3n) is 17.6. The molecule has 0 radical (unpaired) electrons. The normalized spacial score (nSPS) is 23.7. The van der Waals surface area contributed by atoms with Crippen LogP contribution in [0, 0.1) is 0 Å². The molecule has 14 nitrogen and oxygen atoms in total. The fraction of sp³-hybridized carbons (Fsp3) is 0.901. The molecule has 9 N–H and O–H groups in total. The molecule has 0 aromatic carbocycles. The van der Waals surface area contributed by atoms with Gasteiger partial charge in [-0.05, 0) is 51.4 Å². The molecular weight excluding hydrogens is 1070 g/mol. The average Bonchev–Trinajstić information content (AvgIpc) is 3.68. The van der Waals surface area contributed by atoms with E-state index in [1.54, 1.807) is 0 Å². The fourth-order valence-corrected chi connectivity index (χ4v) is 11.9. The Morgan fingerprint density at radius 3 is 1.19 bits per heavy atom. The number of hydrogen-bond acceptors (Lipinski definition) is 13. The Kier molecular flexibility index (Phi) is 52.4. The number of nitrogens with one attached hydrogen (secondary N) is 1. The molecule has 14 heteroatoms. The number of ether oxygens (including phenoxy) is 4. The van der Waals surface area contributed by atoms with Crippen LogP contribution in [0.3, 0.4) is 0 Å². The number of aliphatic hydroxyl groups excluding tert-OH is 8. The molecule has 12 unspecified atom stereocenters. The topological polar surface area (TPSA) is 228 Å². The lowest BCUT2D eigenvalue weighted by Gasteiger charge is -2.46. The Morgan fingerprint density at radius 2 is 0.776 bits per heavy atom. The highest BCUT2D eigenvalue weighted by atomic mass is 16.7. The van der Waals surface area contributed by atoms with Crippen molar-refractivity contribution in [3.05, 3.63) is 36.5 Å². The van der Waals surface area contributed by atoms with Gasteiger partial charge in [-0.15, -0.1) is 0 Å². The van der Waals surface area contributed by atoms with Crippen molar-refractivity contribution >= 4 is 5.91 Å². The van der Waals surface area contributed by atoms with Gasteiger partial charge >= 0.3 is 0 Å². The molecule has 2 fully saturated rings. The molecule has 0 aromatic heterocycles. The van der Waals surface area contributed by atoms with Crippen LogP contribution >= 0.6 is 0 Å². The van der Waals surface area contributed by atoms with E-state index in [1.807, 2.05) is 0 Å². The van der Waals surface area contributed by atoms with Gasteiger partial charge in [-0.2, -0.15) is 0 Å². The van der Waals surface area contributed by atoms with Crippen LogP contribution in [-0.2, 0) is 23.7 Å². The summed E-state index contributed by atoms with van der Waals surface area (Å²) in [5.74, 6) is -0.204. The van der Waals surface area contributed by atoms with Crippen LogP contribution in [0.1, 0.15) is 316 Å². The van der Waals surface area contributed by atoms with E-state index in [2.05, 4.69) is 55.6 Å². The number of unbranched alkanes of at least 4 members (excludes halogenated alkanes) is 40. The molecule has 2 rings (SSSR count). The minimum absolute atomic E-state index is 0.204. The molecule has 0 spiro atoms. The number of hydrogen-bond donors (Lipinski definition) is 9. The van der Waals surface area contributed by atoms with Gasteiger partial charge in [0.1, 0.15) is 48.8 Å². The van der Waals surface area contributed by atoms with Crippen LogP contribution in [0.2, 0.25) is 0 Å². The van der Waals surface area contributed by atoms with Crippen LogP contribution in [0.5, 0.6) is 0 Å². The Morgan fingerprint density at radius 1 is 0.424 bits per heavy atom. The van der Waals surface area contributed by atoms with Gasteiger partial charge in [-0.25, -0.2) is 0 Å². The van der Waals surface area contributed by atoms with Crippen molar-refractivity contribution in [1.29, 1.82) is 0 Å². The van der Waals surface area contributed by atoms with E-state index in [9.17, 15) is 45.6 Å². The van der Waals surface area contributed by atoms with Crippen molar-refractivity contribution in [2.75, 3.05) is 19.8 Å². The second-order valence-corrected chi connectivity index (χ2v) is 25.4. The lowest BCUT2D eigenvalue weighted by atomic mass is 9.97. The molecule has 85 heavy (non-hydrogen) atoms. The number of aliphatic hydroxyl groups is 8. The van der Waals surface area contributed by atoms with Gasteiger partial charge < -0.3 is 65.1 Å². The molecule has 1 amide bonds. The van der Waals surface area contributed by atoms with Crippen LogP contribution in [-0.4, -0.2) is 140 Å². The van der Waals surface area contributed by atoms with Gasteiger partial charge in [0.25, 0.3) is 0 Å². The van der Waals surface area contributed by atoms with E-state index in [0.29, 0.717) is 12.8 Å². The summed E-state index contributed by atoms with van der Waals surface area (Å²) in [5, 5.41) is 87.7. The highest BCUT2D eigenvalue weighted by Crippen LogP contribution is 2.30. The molecule has 2 heterocycles. The van der Waals surface area contributed by atoms with Gasteiger partial charge in [0.05, 0.1) is 32.0 Å². The highest BCUT2D eigenvalue weighted by Gasteiger charge is 2.51. The van der Waals surface area contributed by atoms with Crippen molar-refractivity contribution in [2.24, 2.45) is 0 Å². The lowest BCUT2D eigenvalue weighted by Crippen LogP contribution is -2.65. The Hall–Kier alpha value is -1.79. The second-order valence-electron chi connectivity index (χ2n) is 25.4. The Labute approximate surface area is 519 Å². The summed E-state index contributed by atoms with van der Waals surface area (Å²) in [6.45, 7) is 2.90. The molecule has 0 aliphatic carbocycles. The first-order chi connectivity index (χ1) is 41.6. The number of carbonyl (C=O) groups is 1. The summed E-state index contributed by atoms with van der Waals surface area (Å²) in [6, 6.07) is -0.831. The number of rotatable bonds is 59. The molecule has 0 aromatic rings. The number of carbonyl (C=O) groups excluding carboxylic acids is 1. The van der Waals surface area contributed by atoms with E-state index in [4.69, 9.17) is 18.9 Å². The van der Waals surface area contributed by atoms with E-state index in [1.165, 1.54) is 225 Å².